The van der Waals surface area contributed by atoms with Crippen molar-refractivity contribution in [2.75, 3.05) is 13.2 Å². The highest BCUT2D eigenvalue weighted by atomic mass is 19.4. The summed E-state index contributed by atoms with van der Waals surface area (Å²) >= 11 is 0. The molecule has 5 nitrogen and oxygen atoms in total. The van der Waals surface area contributed by atoms with Gasteiger partial charge in [0, 0.05) is 24.9 Å². The highest BCUT2D eigenvalue weighted by molar-refractivity contribution is 5.91. The number of nitrogens with zero attached hydrogens (tertiary/aromatic N) is 2. The zero-order valence-electron chi connectivity index (χ0n) is 12.9. The first kappa shape index (κ1) is 17.6. The predicted molar refractivity (Wildman–Crippen MR) is 82.2 cm³/mol. The third-order valence-corrected chi connectivity index (χ3v) is 3.00. The van der Waals surface area contributed by atoms with Crippen molar-refractivity contribution in [1.82, 2.24) is 15.1 Å². The minimum atomic E-state index is -4.48. The molecule has 8 heteroatoms. The molecule has 2 rings (SSSR count). The zero-order chi connectivity index (χ0) is 17.6. The molecule has 0 radical (unpaired) electrons. The number of aryl methyl sites for hydroxylation is 1. The number of ether oxygens (including phenoxy) is 1. The average Bonchev–Trinajstić information content (AvgIpc) is 2.94. The number of para-hydroxylation sites is 1. The first-order valence-corrected chi connectivity index (χ1v) is 7.10. The Labute approximate surface area is 136 Å². The Bertz CT molecular complexity index is 723. The van der Waals surface area contributed by atoms with Crippen molar-refractivity contribution in [3.05, 3.63) is 53.9 Å². The van der Waals surface area contributed by atoms with Crippen molar-refractivity contribution >= 4 is 12.0 Å². The van der Waals surface area contributed by atoms with Gasteiger partial charge in [-0.1, -0.05) is 12.1 Å². The molecular weight excluding hydrogens is 323 g/mol. The molecule has 0 spiro atoms. The Morgan fingerprint density at radius 2 is 2.12 bits per heavy atom. The Kier molecular flexibility index (Phi) is 5.62. The van der Waals surface area contributed by atoms with Crippen molar-refractivity contribution in [2.24, 2.45) is 7.05 Å². The van der Waals surface area contributed by atoms with Gasteiger partial charge >= 0.3 is 6.18 Å². The summed E-state index contributed by atoms with van der Waals surface area (Å²) in [6.45, 7) is 0.0158. The molecular formula is C16H16F3N3O2. The number of hydrogen-bond donors (Lipinski definition) is 1. The van der Waals surface area contributed by atoms with E-state index in [0.29, 0.717) is 0 Å². The van der Waals surface area contributed by atoms with Gasteiger partial charge in [0.1, 0.15) is 12.4 Å². The predicted octanol–water partition coefficient (Wildman–Crippen LogP) is 2.65. The molecule has 24 heavy (non-hydrogen) atoms. The average molecular weight is 339 g/mol. The molecule has 1 N–H and O–H groups in total. The molecule has 1 heterocycles. The third kappa shape index (κ3) is 5.15. The molecule has 0 atom stereocenters. The number of carbonyl (C=O) groups is 1. The van der Waals surface area contributed by atoms with Gasteiger partial charge in [-0.05, 0) is 18.2 Å². The van der Waals surface area contributed by atoms with Gasteiger partial charge in [0.15, 0.2) is 0 Å². The van der Waals surface area contributed by atoms with Crippen LogP contribution in [0, 0.1) is 0 Å². The first-order chi connectivity index (χ1) is 11.4. The number of carbonyl (C=O) groups excluding carboxylic acids is 1. The second kappa shape index (κ2) is 7.67. The van der Waals surface area contributed by atoms with E-state index in [2.05, 4.69) is 10.4 Å². The number of halogens is 3. The van der Waals surface area contributed by atoms with Crippen molar-refractivity contribution in [3.8, 4) is 5.75 Å². The maximum atomic E-state index is 12.8. The minimum Gasteiger partial charge on any atom is -0.491 e. The van der Waals surface area contributed by atoms with E-state index >= 15 is 0 Å². The Morgan fingerprint density at radius 3 is 2.79 bits per heavy atom. The third-order valence-electron chi connectivity index (χ3n) is 3.00. The summed E-state index contributed by atoms with van der Waals surface area (Å²) in [4.78, 5) is 11.6. The van der Waals surface area contributed by atoms with Crippen LogP contribution in [-0.2, 0) is 18.0 Å². The van der Waals surface area contributed by atoms with Gasteiger partial charge in [-0.15, -0.1) is 0 Å². The van der Waals surface area contributed by atoms with E-state index in [4.69, 9.17) is 4.74 Å². The second-order valence-corrected chi connectivity index (χ2v) is 4.91. The fourth-order valence-corrected chi connectivity index (χ4v) is 1.92. The van der Waals surface area contributed by atoms with Crippen molar-refractivity contribution < 1.29 is 22.7 Å². The van der Waals surface area contributed by atoms with Crippen LogP contribution in [0.4, 0.5) is 13.2 Å². The van der Waals surface area contributed by atoms with Crippen molar-refractivity contribution in [2.45, 2.75) is 6.18 Å². The molecule has 128 valence electrons. The number of nitrogens with one attached hydrogen (secondary N) is 1. The fraction of sp³-hybridized carbons (Fsp3) is 0.250. The molecule has 0 bridgehead atoms. The molecule has 0 aliphatic heterocycles. The zero-order valence-corrected chi connectivity index (χ0v) is 12.9. The van der Waals surface area contributed by atoms with Gasteiger partial charge in [-0.2, -0.15) is 18.3 Å². The highest BCUT2D eigenvalue weighted by Crippen LogP contribution is 2.35. The van der Waals surface area contributed by atoms with Gasteiger partial charge in [0.05, 0.1) is 18.3 Å². The summed E-state index contributed by atoms with van der Waals surface area (Å²) in [6, 6.07) is 4.94. The van der Waals surface area contributed by atoms with Crippen LogP contribution in [0.5, 0.6) is 5.75 Å². The van der Waals surface area contributed by atoms with Crippen molar-refractivity contribution in [1.29, 1.82) is 0 Å². The van der Waals surface area contributed by atoms with E-state index in [1.54, 1.807) is 30.2 Å². The summed E-state index contributed by atoms with van der Waals surface area (Å²) in [5.41, 5.74) is -0.0733. The van der Waals surface area contributed by atoms with Gasteiger partial charge in [-0.3, -0.25) is 9.48 Å². The van der Waals surface area contributed by atoms with Crippen LogP contribution < -0.4 is 10.1 Å². The normalized spacial score (nSPS) is 11.7. The maximum absolute atomic E-state index is 12.8. The van der Waals surface area contributed by atoms with E-state index < -0.39 is 11.7 Å². The summed E-state index contributed by atoms with van der Waals surface area (Å²) in [5.74, 6) is -0.628. The summed E-state index contributed by atoms with van der Waals surface area (Å²) < 4.78 is 45.1. The summed E-state index contributed by atoms with van der Waals surface area (Å²) in [5, 5.41) is 6.48. The molecule has 0 fully saturated rings. The van der Waals surface area contributed by atoms with E-state index in [1.807, 2.05) is 0 Å². The fourth-order valence-electron chi connectivity index (χ4n) is 1.92. The number of amides is 1. The topological polar surface area (TPSA) is 56.2 Å². The standard InChI is InChI=1S/C16H16F3N3O2/c1-22-11-12(10-21-22)6-7-15(23)20-8-9-24-14-5-3-2-4-13(14)16(17,18)19/h2-7,10-11H,8-9H2,1H3,(H,20,23)/b7-6+. The van der Waals surface area contributed by atoms with Crippen LogP contribution in [0.15, 0.2) is 42.7 Å². The molecule has 0 aliphatic carbocycles. The number of rotatable bonds is 6. The summed E-state index contributed by atoms with van der Waals surface area (Å²) in [7, 11) is 1.76. The monoisotopic (exact) mass is 339 g/mol. The Hall–Kier alpha value is -2.77. The van der Waals surface area contributed by atoms with Crippen LogP contribution in [-0.4, -0.2) is 28.8 Å². The maximum Gasteiger partial charge on any atom is 0.419 e. The van der Waals surface area contributed by atoms with Crippen LogP contribution in [0.1, 0.15) is 11.1 Å². The second-order valence-electron chi connectivity index (χ2n) is 4.91. The van der Waals surface area contributed by atoms with Crippen LogP contribution >= 0.6 is 0 Å². The number of hydrogen-bond acceptors (Lipinski definition) is 3. The SMILES string of the molecule is Cn1cc(/C=C/C(=O)NCCOc2ccccc2C(F)(F)F)cn1. The first-order valence-electron chi connectivity index (χ1n) is 7.10. The summed E-state index contributed by atoms with van der Waals surface area (Å²) in [6.07, 6.45) is 1.76. The van der Waals surface area contributed by atoms with E-state index in [1.165, 1.54) is 24.3 Å². The van der Waals surface area contributed by atoms with Gasteiger partial charge in [0.2, 0.25) is 5.91 Å². The van der Waals surface area contributed by atoms with Crippen LogP contribution in [0.25, 0.3) is 6.08 Å². The van der Waals surface area contributed by atoms with Crippen LogP contribution in [0.2, 0.25) is 0 Å². The minimum absolute atomic E-state index is 0.0699. The number of benzene rings is 1. The molecule has 2 aromatic rings. The number of aromatic nitrogens is 2. The van der Waals surface area contributed by atoms with E-state index in [9.17, 15) is 18.0 Å². The molecule has 0 saturated carbocycles. The lowest BCUT2D eigenvalue weighted by Gasteiger charge is -2.13. The van der Waals surface area contributed by atoms with Crippen LogP contribution in [0.3, 0.4) is 0 Å². The van der Waals surface area contributed by atoms with Gasteiger partial charge < -0.3 is 10.1 Å². The molecule has 1 amide bonds. The largest absolute Gasteiger partial charge is 0.491 e. The quantitative estimate of drug-likeness (QED) is 0.650. The van der Waals surface area contributed by atoms with Crippen molar-refractivity contribution in [3.63, 3.8) is 0 Å². The Balaban J connectivity index is 1.79. The molecule has 0 saturated heterocycles. The molecule has 0 aliphatic rings. The lowest BCUT2D eigenvalue weighted by Crippen LogP contribution is -2.26. The molecule has 0 unspecified atom stereocenters. The molecule has 1 aromatic heterocycles. The van der Waals surface area contributed by atoms with Gasteiger partial charge in [-0.25, -0.2) is 0 Å². The lowest BCUT2D eigenvalue weighted by molar-refractivity contribution is -0.139. The Morgan fingerprint density at radius 1 is 1.38 bits per heavy atom. The molecule has 1 aromatic carbocycles. The number of alkyl halides is 3. The van der Waals surface area contributed by atoms with E-state index in [0.717, 1.165) is 11.6 Å². The lowest BCUT2D eigenvalue weighted by atomic mass is 10.2. The van der Waals surface area contributed by atoms with Gasteiger partial charge in [0.25, 0.3) is 0 Å². The van der Waals surface area contributed by atoms with E-state index in [-0.39, 0.29) is 24.8 Å². The highest BCUT2D eigenvalue weighted by Gasteiger charge is 2.33. The smallest absolute Gasteiger partial charge is 0.419 e.